The van der Waals surface area contributed by atoms with Crippen LogP contribution in [0.1, 0.15) is 16.8 Å². The maximum absolute atomic E-state index is 5.18. The largest absolute Gasteiger partial charge is 0.404 e. The topological polar surface area (TPSA) is 27.2 Å². The lowest BCUT2D eigenvalue weighted by atomic mass is 10.1. The van der Waals surface area contributed by atoms with Gasteiger partial charge >= 0.3 is 0 Å². The predicted molar refractivity (Wildman–Crippen MR) is 98.3 cm³/mol. The number of nitrogens with zero attached hydrogens (tertiary/aromatic N) is 2. The van der Waals surface area contributed by atoms with Gasteiger partial charge in [-0.1, -0.05) is 60.3 Å². The molecule has 3 nitrogen and oxygen atoms in total. The molecular formula is C20H20N2OS. The number of aryl methyl sites for hydroxylation is 1. The Hall–Kier alpha value is -2.30. The Labute approximate surface area is 147 Å². The maximum atomic E-state index is 5.18. The van der Waals surface area contributed by atoms with Gasteiger partial charge in [0.15, 0.2) is 5.69 Å². The van der Waals surface area contributed by atoms with Crippen LogP contribution in [-0.4, -0.2) is 7.11 Å². The van der Waals surface area contributed by atoms with Crippen LogP contribution in [0.25, 0.3) is 5.43 Å². The van der Waals surface area contributed by atoms with Gasteiger partial charge in [-0.3, -0.25) is 0 Å². The smallest absolute Gasteiger partial charge is 0.263 e. The summed E-state index contributed by atoms with van der Waals surface area (Å²) < 4.78 is 7.09. The third-order valence-electron chi connectivity index (χ3n) is 3.69. The van der Waals surface area contributed by atoms with Gasteiger partial charge in [0.2, 0.25) is 0 Å². The molecule has 3 rings (SSSR count). The molecule has 1 heterocycles. The van der Waals surface area contributed by atoms with E-state index in [1.165, 1.54) is 23.2 Å². The summed E-state index contributed by atoms with van der Waals surface area (Å²) >= 11 is 1.31. The summed E-state index contributed by atoms with van der Waals surface area (Å²) in [6.45, 7) is 2.03. The summed E-state index contributed by atoms with van der Waals surface area (Å²) in [6, 6.07) is 24.9. The van der Waals surface area contributed by atoms with Gasteiger partial charge in [0.1, 0.15) is 0 Å². The van der Waals surface area contributed by atoms with E-state index in [1.54, 1.807) is 7.11 Å². The zero-order valence-corrected chi connectivity index (χ0v) is 14.7. The Kier molecular flexibility index (Phi) is 5.51. The minimum Gasteiger partial charge on any atom is -0.404 e. The third-order valence-corrected chi connectivity index (χ3v) is 4.34. The third kappa shape index (κ3) is 4.16. The van der Waals surface area contributed by atoms with Crippen LogP contribution >= 0.6 is 12.0 Å². The molecule has 3 aromatic rings. The van der Waals surface area contributed by atoms with Crippen LogP contribution in [0, 0.1) is 6.92 Å². The van der Waals surface area contributed by atoms with Crippen molar-refractivity contribution in [1.29, 1.82) is 0 Å². The van der Waals surface area contributed by atoms with Gasteiger partial charge in [-0.05, 0) is 23.6 Å². The molecule has 0 spiro atoms. The lowest BCUT2D eigenvalue weighted by molar-refractivity contribution is -0.665. The fraction of sp³-hybridized carbons (Fsp3) is 0.150. The van der Waals surface area contributed by atoms with Crippen LogP contribution in [0.15, 0.2) is 77.8 Å². The number of hydrogen-bond acceptors (Lipinski definition) is 2. The number of hydrogen-bond donors (Lipinski definition) is 0. The number of benzene rings is 2. The van der Waals surface area contributed by atoms with Gasteiger partial charge in [-0.25, -0.2) is 4.68 Å². The molecule has 1 aromatic heterocycles. The Bertz CT molecular complexity index is 788. The highest BCUT2D eigenvalue weighted by atomic mass is 32.2. The first-order chi connectivity index (χ1) is 11.8. The zero-order chi connectivity index (χ0) is 16.8. The quantitative estimate of drug-likeness (QED) is 0.468. The van der Waals surface area contributed by atoms with Crippen LogP contribution in [0.3, 0.4) is 0 Å². The van der Waals surface area contributed by atoms with Crippen LogP contribution in [0.4, 0.5) is 5.69 Å². The van der Waals surface area contributed by atoms with E-state index in [1.807, 2.05) is 35.9 Å². The predicted octanol–water partition coefficient (Wildman–Crippen LogP) is 5.00. The minimum atomic E-state index is 0.920. The Morgan fingerprint density at radius 1 is 0.875 bits per heavy atom. The van der Waals surface area contributed by atoms with E-state index in [4.69, 9.17) is 9.61 Å². The molecule has 0 unspecified atom stereocenters. The molecule has 0 fully saturated rings. The van der Waals surface area contributed by atoms with Crippen molar-refractivity contribution >= 4 is 17.7 Å². The van der Waals surface area contributed by atoms with Crippen LogP contribution in [0.5, 0.6) is 0 Å². The van der Waals surface area contributed by atoms with Crippen molar-refractivity contribution in [1.82, 2.24) is 0 Å². The Balaban J connectivity index is 1.75. The standard InChI is InChI=1S/C20H20N2OS/c1-16-7-6-10-20(24-23-2)22(16)21-19-13-11-18(12-14-19)15-17-8-4-3-5-9-17/h3-14H,15H2,1-2H3. The molecule has 0 saturated heterocycles. The first-order valence-corrected chi connectivity index (χ1v) is 8.57. The first-order valence-electron chi connectivity index (χ1n) is 7.83. The molecule has 0 bridgehead atoms. The molecule has 122 valence electrons. The van der Waals surface area contributed by atoms with Crippen molar-refractivity contribution < 1.29 is 8.86 Å². The molecule has 0 aliphatic heterocycles. The van der Waals surface area contributed by atoms with Crippen molar-refractivity contribution in [2.24, 2.45) is 0 Å². The summed E-state index contributed by atoms with van der Waals surface area (Å²) in [5, 5.41) is 0.950. The molecule has 0 saturated carbocycles. The van der Waals surface area contributed by atoms with E-state index in [9.17, 15) is 0 Å². The summed E-state index contributed by atoms with van der Waals surface area (Å²) in [7, 11) is 1.66. The average molecular weight is 336 g/mol. The van der Waals surface area contributed by atoms with Gasteiger partial charge in [0.25, 0.3) is 5.03 Å². The second-order valence-corrected chi connectivity index (χ2v) is 6.41. The summed E-state index contributed by atoms with van der Waals surface area (Å²) in [5.41, 5.74) is 9.30. The number of rotatable bonds is 6. The van der Waals surface area contributed by atoms with E-state index in [0.717, 1.165) is 22.8 Å². The van der Waals surface area contributed by atoms with Crippen LogP contribution in [-0.2, 0) is 10.6 Å². The van der Waals surface area contributed by atoms with Crippen LogP contribution < -0.4 is 4.68 Å². The summed E-state index contributed by atoms with van der Waals surface area (Å²) in [4.78, 5) is 0. The monoisotopic (exact) mass is 336 g/mol. The lowest BCUT2D eigenvalue weighted by Gasteiger charge is -2.18. The second-order valence-electron chi connectivity index (χ2n) is 5.50. The van der Waals surface area contributed by atoms with Crippen molar-refractivity contribution in [3.63, 3.8) is 0 Å². The van der Waals surface area contributed by atoms with E-state index < -0.39 is 0 Å². The van der Waals surface area contributed by atoms with E-state index >= 15 is 0 Å². The molecule has 0 atom stereocenters. The zero-order valence-electron chi connectivity index (χ0n) is 13.8. The normalized spacial score (nSPS) is 10.6. The van der Waals surface area contributed by atoms with Crippen LogP contribution in [0.2, 0.25) is 0 Å². The fourth-order valence-corrected chi connectivity index (χ4v) is 3.05. The van der Waals surface area contributed by atoms with Gasteiger partial charge in [0, 0.05) is 19.1 Å². The maximum Gasteiger partial charge on any atom is 0.263 e. The highest BCUT2D eigenvalue weighted by Gasteiger charge is 2.08. The number of aromatic nitrogens is 1. The molecule has 2 aromatic carbocycles. The highest BCUT2D eigenvalue weighted by Crippen LogP contribution is 2.21. The highest BCUT2D eigenvalue weighted by molar-refractivity contribution is 7.94. The second kappa shape index (κ2) is 7.99. The molecule has 24 heavy (non-hydrogen) atoms. The number of pyridine rings is 1. The first kappa shape index (κ1) is 16.6. The van der Waals surface area contributed by atoms with Crippen molar-refractivity contribution in [2.45, 2.75) is 18.4 Å². The fourth-order valence-electron chi connectivity index (χ4n) is 2.49. The van der Waals surface area contributed by atoms with E-state index in [0.29, 0.717) is 0 Å². The van der Waals surface area contributed by atoms with E-state index in [-0.39, 0.29) is 0 Å². The van der Waals surface area contributed by atoms with Gasteiger partial charge in [-0.15, -0.1) is 0 Å². The minimum absolute atomic E-state index is 0.920. The van der Waals surface area contributed by atoms with E-state index in [2.05, 4.69) is 48.5 Å². The average Bonchev–Trinajstić information content (AvgIpc) is 2.61. The Morgan fingerprint density at radius 3 is 2.29 bits per heavy atom. The molecule has 4 heteroatoms. The SMILES string of the molecule is COSc1cccc(C)[n+]1[N-]c1ccc(Cc2ccccc2)cc1. The van der Waals surface area contributed by atoms with Gasteiger partial charge in [-0.2, -0.15) is 0 Å². The van der Waals surface area contributed by atoms with Crippen molar-refractivity contribution in [3.05, 3.63) is 95.0 Å². The van der Waals surface area contributed by atoms with Gasteiger partial charge in [0.05, 0.1) is 19.2 Å². The molecule has 0 N–H and O–H groups in total. The van der Waals surface area contributed by atoms with Crippen molar-refractivity contribution in [3.8, 4) is 0 Å². The van der Waals surface area contributed by atoms with Gasteiger partial charge < -0.3 is 9.61 Å². The molecule has 0 amide bonds. The summed E-state index contributed by atoms with van der Waals surface area (Å²) in [5.74, 6) is 0. The Morgan fingerprint density at radius 2 is 1.58 bits per heavy atom. The molecule has 0 radical (unpaired) electrons. The summed E-state index contributed by atoms with van der Waals surface area (Å²) in [6.07, 6.45) is 0.934. The lowest BCUT2D eigenvalue weighted by Crippen LogP contribution is -2.34. The van der Waals surface area contributed by atoms with Crippen molar-refractivity contribution in [2.75, 3.05) is 7.11 Å². The molecule has 0 aliphatic carbocycles. The molecular weight excluding hydrogens is 316 g/mol. The molecule has 0 aliphatic rings.